The van der Waals surface area contributed by atoms with Gasteiger partial charge in [-0.1, -0.05) is 6.07 Å². The van der Waals surface area contributed by atoms with Crippen molar-refractivity contribution < 1.29 is 28.5 Å². The Morgan fingerprint density at radius 1 is 1.15 bits per heavy atom. The summed E-state index contributed by atoms with van der Waals surface area (Å²) in [6, 6.07) is 11.7. The molecule has 1 atom stereocenters. The van der Waals surface area contributed by atoms with Gasteiger partial charge >= 0.3 is 5.97 Å². The summed E-state index contributed by atoms with van der Waals surface area (Å²) in [5.74, 6) is 0.867. The Bertz CT molecular complexity index is 819. The molecule has 2 aromatic rings. The van der Waals surface area contributed by atoms with Gasteiger partial charge in [0.05, 0.1) is 12.2 Å². The Morgan fingerprint density at radius 3 is 2.77 bits per heavy atom. The van der Waals surface area contributed by atoms with Crippen LogP contribution in [0.1, 0.15) is 24.2 Å². The lowest BCUT2D eigenvalue weighted by molar-refractivity contribution is -0.122. The molecular formula is C19H19NO6. The predicted octanol–water partition coefficient (Wildman–Crippen LogP) is 3.00. The molecule has 0 fully saturated rings. The second-order valence-electron chi connectivity index (χ2n) is 5.57. The molecule has 0 unspecified atom stereocenters. The van der Waals surface area contributed by atoms with Gasteiger partial charge in [0.2, 0.25) is 6.79 Å². The highest BCUT2D eigenvalue weighted by Gasteiger charge is 2.18. The molecule has 0 saturated heterocycles. The van der Waals surface area contributed by atoms with Crippen LogP contribution in [0.2, 0.25) is 0 Å². The van der Waals surface area contributed by atoms with Crippen molar-refractivity contribution in [1.82, 2.24) is 0 Å². The zero-order chi connectivity index (χ0) is 18.5. The minimum Gasteiger partial charge on any atom is -0.481 e. The van der Waals surface area contributed by atoms with E-state index in [0.717, 1.165) is 0 Å². The van der Waals surface area contributed by atoms with Crippen LogP contribution in [0.3, 0.4) is 0 Å². The zero-order valence-electron chi connectivity index (χ0n) is 14.5. The average molecular weight is 357 g/mol. The molecule has 3 rings (SSSR count). The number of benzene rings is 2. The van der Waals surface area contributed by atoms with Crippen LogP contribution in [0.4, 0.5) is 5.69 Å². The van der Waals surface area contributed by atoms with Crippen molar-refractivity contribution in [2.24, 2.45) is 0 Å². The van der Waals surface area contributed by atoms with Gasteiger partial charge in [0.1, 0.15) is 5.75 Å². The molecule has 0 bridgehead atoms. The van der Waals surface area contributed by atoms with E-state index in [-0.39, 0.29) is 19.3 Å². The molecule has 0 saturated carbocycles. The zero-order valence-corrected chi connectivity index (χ0v) is 14.5. The number of esters is 1. The first-order valence-corrected chi connectivity index (χ1v) is 8.21. The van der Waals surface area contributed by atoms with E-state index in [1.807, 2.05) is 0 Å². The van der Waals surface area contributed by atoms with Crippen LogP contribution in [0.25, 0.3) is 0 Å². The quantitative estimate of drug-likeness (QED) is 0.800. The van der Waals surface area contributed by atoms with Crippen LogP contribution in [0.5, 0.6) is 17.2 Å². The van der Waals surface area contributed by atoms with Gasteiger partial charge in [0.15, 0.2) is 17.6 Å². The third-order valence-electron chi connectivity index (χ3n) is 3.67. The van der Waals surface area contributed by atoms with Gasteiger partial charge in [0.25, 0.3) is 5.91 Å². The van der Waals surface area contributed by atoms with Gasteiger partial charge in [-0.25, -0.2) is 4.79 Å². The molecule has 2 aromatic carbocycles. The average Bonchev–Trinajstić information content (AvgIpc) is 3.10. The van der Waals surface area contributed by atoms with Crippen molar-refractivity contribution >= 4 is 17.6 Å². The van der Waals surface area contributed by atoms with E-state index < -0.39 is 12.1 Å². The van der Waals surface area contributed by atoms with E-state index in [4.69, 9.17) is 18.9 Å². The van der Waals surface area contributed by atoms with Gasteiger partial charge in [-0.05, 0) is 44.2 Å². The minimum absolute atomic E-state index is 0.170. The Morgan fingerprint density at radius 2 is 1.96 bits per heavy atom. The summed E-state index contributed by atoms with van der Waals surface area (Å²) in [6.07, 6.45) is -0.766. The van der Waals surface area contributed by atoms with Crippen molar-refractivity contribution in [2.45, 2.75) is 20.0 Å². The van der Waals surface area contributed by atoms with E-state index in [9.17, 15) is 9.59 Å². The van der Waals surface area contributed by atoms with Crippen LogP contribution in [0, 0.1) is 0 Å². The number of carbonyl (C=O) groups is 2. The topological polar surface area (TPSA) is 83.1 Å². The fraction of sp³-hybridized carbons (Fsp3) is 0.263. The van der Waals surface area contributed by atoms with E-state index >= 15 is 0 Å². The lowest BCUT2D eigenvalue weighted by atomic mass is 10.2. The molecule has 1 aliphatic rings. The molecule has 1 N–H and O–H groups in total. The predicted molar refractivity (Wildman–Crippen MR) is 93.7 cm³/mol. The standard InChI is InChI=1S/C19H19NO6/c1-3-23-19(22)13-5-4-6-15(9-13)26-12(2)18(21)20-14-7-8-16-17(10-14)25-11-24-16/h4-10,12H,3,11H2,1-2H3,(H,20,21)/t12-/m1/s1. The first kappa shape index (κ1) is 17.6. The van der Waals surface area contributed by atoms with Crippen LogP contribution in [0.15, 0.2) is 42.5 Å². The van der Waals surface area contributed by atoms with Gasteiger partial charge < -0.3 is 24.3 Å². The number of ether oxygens (including phenoxy) is 4. The van der Waals surface area contributed by atoms with Crippen molar-refractivity contribution in [3.05, 3.63) is 48.0 Å². The normalized spacial score (nSPS) is 13.0. The largest absolute Gasteiger partial charge is 0.481 e. The third kappa shape index (κ3) is 4.05. The first-order chi connectivity index (χ1) is 12.6. The number of fused-ring (bicyclic) bond motifs is 1. The van der Waals surface area contributed by atoms with Gasteiger partial charge in [-0.15, -0.1) is 0 Å². The highest BCUT2D eigenvalue weighted by atomic mass is 16.7. The molecule has 26 heavy (non-hydrogen) atoms. The molecule has 0 aliphatic carbocycles. The van der Waals surface area contributed by atoms with Crippen molar-refractivity contribution in [3.63, 3.8) is 0 Å². The molecule has 7 nitrogen and oxygen atoms in total. The second-order valence-corrected chi connectivity index (χ2v) is 5.57. The molecule has 1 aliphatic heterocycles. The third-order valence-corrected chi connectivity index (χ3v) is 3.67. The highest BCUT2D eigenvalue weighted by molar-refractivity contribution is 5.94. The number of hydrogen-bond acceptors (Lipinski definition) is 6. The smallest absolute Gasteiger partial charge is 0.338 e. The van der Waals surface area contributed by atoms with Crippen molar-refractivity contribution in [1.29, 1.82) is 0 Å². The number of amides is 1. The lowest BCUT2D eigenvalue weighted by Crippen LogP contribution is -2.30. The first-order valence-electron chi connectivity index (χ1n) is 8.21. The molecular weight excluding hydrogens is 338 g/mol. The van der Waals surface area contributed by atoms with E-state index in [1.165, 1.54) is 0 Å². The fourth-order valence-electron chi connectivity index (χ4n) is 2.39. The maximum Gasteiger partial charge on any atom is 0.338 e. The minimum atomic E-state index is -0.766. The second kappa shape index (κ2) is 7.77. The summed E-state index contributed by atoms with van der Waals surface area (Å²) >= 11 is 0. The molecule has 1 amide bonds. The van der Waals surface area contributed by atoms with E-state index in [0.29, 0.717) is 28.5 Å². The maximum absolute atomic E-state index is 12.3. The molecule has 0 aromatic heterocycles. The Labute approximate surface area is 150 Å². The molecule has 1 heterocycles. The molecule has 0 radical (unpaired) electrons. The summed E-state index contributed by atoms with van der Waals surface area (Å²) in [5, 5.41) is 2.76. The summed E-state index contributed by atoms with van der Waals surface area (Å²) in [7, 11) is 0. The van der Waals surface area contributed by atoms with Crippen molar-refractivity contribution in [2.75, 3.05) is 18.7 Å². The molecule has 0 spiro atoms. The summed E-state index contributed by atoms with van der Waals surface area (Å²) in [6.45, 7) is 3.82. The summed E-state index contributed by atoms with van der Waals surface area (Å²) in [4.78, 5) is 24.1. The van der Waals surface area contributed by atoms with Crippen LogP contribution in [-0.2, 0) is 9.53 Å². The van der Waals surface area contributed by atoms with Gasteiger partial charge in [0, 0.05) is 11.8 Å². The van der Waals surface area contributed by atoms with E-state index in [1.54, 1.807) is 56.3 Å². The maximum atomic E-state index is 12.3. The van der Waals surface area contributed by atoms with Crippen LogP contribution in [-0.4, -0.2) is 31.4 Å². The number of anilines is 1. The Kier molecular flexibility index (Phi) is 5.26. The number of rotatable bonds is 6. The number of hydrogen-bond donors (Lipinski definition) is 1. The SMILES string of the molecule is CCOC(=O)c1cccc(O[C@H](C)C(=O)Nc2ccc3c(c2)OCO3)c1. The Hall–Kier alpha value is -3.22. The number of carbonyl (C=O) groups excluding carboxylic acids is 2. The lowest BCUT2D eigenvalue weighted by Gasteiger charge is -2.15. The Balaban J connectivity index is 1.62. The molecule has 7 heteroatoms. The fourth-order valence-corrected chi connectivity index (χ4v) is 2.39. The highest BCUT2D eigenvalue weighted by Crippen LogP contribution is 2.34. The van der Waals surface area contributed by atoms with Gasteiger partial charge in [-0.2, -0.15) is 0 Å². The molecule has 136 valence electrons. The summed E-state index contributed by atoms with van der Waals surface area (Å²) in [5.41, 5.74) is 0.947. The van der Waals surface area contributed by atoms with Gasteiger partial charge in [-0.3, -0.25) is 4.79 Å². The van der Waals surface area contributed by atoms with Crippen LogP contribution >= 0.6 is 0 Å². The number of nitrogens with one attached hydrogen (secondary N) is 1. The van der Waals surface area contributed by atoms with E-state index in [2.05, 4.69) is 5.32 Å². The van der Waals surface area contributed by atoms with Crippen LogP contribution < -0.4 is 19.5 Å². The van der Waals surface area contributed by atoms with Crippen molar-refractivity contribution in [3.8, 4) is 17.2 Å². The summed E-state index contributed by atoms with van der Waals surface area (Å²) < 4.78 is 21.1. The monoisotopic (exact) mass is 357 g/mol.